The third-order valence-electron chi connectivity index (χ3n) is 1.74. The first-order valence-electron chi connectivity index (χ1n) is 3.39. The van der Waals surface area contributed by atoms with E-state index in [-0.39, 0.29) is 18.3 Å². The highest BCUT2D eigenvalue weighted by molar-refractivity contribution is 5.85. The third-order valence-corrected chi connectivity index (χ3v) is 1.74. The lowest BCUT2D eigenvalue weighted by Crippen LogP contribution is -2.37. The maximum atomic E-state index is 12.6. The molecule has 1 rings (SSSR count). The fourth-order valence-electron chi connectivity index (χ4n) is 1.16. The quantitative estimate of drug-likeness (QED) is 0.600. The van der Waals surface area contributed by atoms with Crippen LogP contribution < -0.4 is 5.32 Å². The second-order valence-electron chi connectivity index (χ2n) is 2.40. The molecule has 0 spiro atoms. The topological polar surface area (TPSA) is 32.3 Å². The van der Waals surface area contributed by atoms with E-state index in [2.05, 4.69) is 5.32 Å². The van der Waals surface area contributed by atoms with Crippen molar-refractivity contribution in [2.45, 2.75) is 18.9 Å². The van der Waals surface area contributed by atoms with Crippen LogP contribution in [0.4, 0.5) is 4.48 Å². The van der Waals surface area contributed by atoms with Gasteiger partial charge in [-0.25, -0.2) is 0 Å². The Kier molecular flexibility index (Phi) is 4.37. The van der Waals surface area contributed by atoms with Gasteiger partial charge in [-0.2, -0.15) is 0 Å². The van der Waals surface area contributed by atoms with Crippen LogP contribution in [0.5, 0.6) is 0 Å². The van der Waals surface area contributed by atoms with Gasteiger partial charge < -0.3 is 5.32 Å². The molecular formula is C6H12ClFN2O. The first-order valence-corrected chi connectivity index (χ1v) is 3.39. The monoisotopic (exact) mass is 182 g/mol. The molecule has 0 aromatic rings. The molecule has 1 unspecified atom stereocenters. The Bertz CT molecular complexity index is 145. The minimum absolute atomic E-state index is 0. The Labute approximate surface area is 71.3 Å². The summed E-state index contributed by atoms with van der Waals surface area (Å²) in [5.74, 6) is -0.222. The van der Waals surface area contributed by atoms with Crippen LogP contribution in [0.1, 0.15) is 12.8 Å². The van der Waals surface area contributed by atoms with Gasteiger partial charge in [-0.3, -0.25) is 4.79 Å². The maximum Gasteiger partial charge on any atom is 0.239 e. The van der Waals surface area contributed by atoms with Crippen molar-refractivity contribution in [1.29, 1.82) is 0 Å². The van der Waals surface area contributed by atoms with Crippen LogP contribution in [-0.2, 0) is 4.79 Å². The highest BCUT2D eigenvalue weighted by Crippen LogP contribution is 2.16. The molecule has 11 heavy (non-hydrogen) atoms. The molecule has 0 aromatic carbocycles. The zero-order valence-electron chi connectivity index (χ0n) is 6.34. The highest BCUT2D eigenvalue weighted by Gasteiger charge is 2.29. The Morgan fingerprint density at radius 2 is 2.36 bits per heavy atom. The molecule has 0 aliphatic carbocycles. The van der Waals surface area contributed by atoms with Crippen molar-refractivity contribution in [1.82, 2.24) is 10.4 Å². The maximum absolute atomic E-state index is 12.6. The van der Waals surface area contributed by atoms with Crippen LogP contribution in [0.25, 0.3) is 0 Å². The summed E-state index contributed by atoms with van der Waals surface area (Å²) in [6.45, 7) is 0.387. The molecule has 1 fully saturated rings. The van der Waals surface area contributed by atoms with Crippen molar-refractivity contribution in [2.75, 3.05) is 13.6 Å². The molecule has 0 radical (unpaired) electrons. The van der Waals surface area contributed by atoms with Crippen molar-refractivity contribution in [3.05, 3.63) is 0 Å². The molecule has 1 aliphatic rings. The van der Waals surface area contributed by atoms with Crippen LogP contribution in [0.3, 0.4) is 0 Å². The van der Waals surface area contributed by atoms with Crippen LogP contribution in [-0.4, -0.2) is 30.7 Å². The van der Waals surface area contributed by atoms with Gasteiger partial charge in [0.2, 0.25) is 5.91 Å². The van der Waals surface area contributed by atoms with Crippen molar-refractivity contribution in [2.24, 2.45) is 0 Å². The largest absolute Gasteiger partial charge is 0.358 e. The molecule has 1 saturated heterocycles. The lowest BCUT2D eigenvalue weighted by atomic mass is 10.2. The number of hydrogen-bond acceptors (Lipinski definition) is 2. The molecule has 1 heterocycles. The number of carbonyl (C=O) groups excluding carboxylic acids is 1. The van der Waals surface area contributed by atoms with Crippen LogP contribution in [0.2, 0.25) is 0 Å². The Balaban J connectivity index is 0.000001000. The van der Waals surface area contributed by atoms with Gasteiger partial charge in [0, 0.05) is 13.6 Å². The summed E-state index contributed by atoms with van der Waals surface area (Å²) in [5, 5.41) is 3.01. The van der Waals surface area contributed by atoms with Gasteiger partial charge in [-0.05, 0) is 12.8 Å². The first kappa shape index (κ1) is 10.7. The molecule has 1 N–H and O–H groups in total. The van der Waals surface area contributed by atoms with Gasteiger partial charge in [0.05, 0.1) is 0 Å². The zero-order valence-corrected chi connectivity index (χ0v) is 7.16. The normalized spacial score (nSPS) is 24.4. The second-order valence-corrected chi connectivity index (χ2v) is 2.40. The standard InChI is InChI=1S/C6H11FN2O.ClH/c1-8-6(10)5-3-2-4-9(5)7;/h5H,2-4H2,1H3,(H,8,10);1H. The molecule has 3 nitrogen and oxygen atoms in total. The lowest BCUT2D eigenvalue weighted by Gasteiger charge is -2.11. The van der Waals surface area contributed by atoms with Crippen LogP contribution in [0, 0.1) is 0 Å². The Hall–Kier alpha value is -0.350. The number of nitrogens with zero attached hydrogens (tertiary/aromatic N) is 1. The van der Waals surface area contributed by atoms with Gasteiger partial charge in [0.15, 0.2) is 0 Å². The van der Waals surface area contributed by atoms with E-state index in [1.165, 1.54) is 7.05 Å². The number of hydrogen-bond donors (Lipinski definition) is 1. The average molecular weight is 183 g/mol. The van der Waals surface area contributed by atoms with Crippen molar-refractivity contribution in [3.8, 4) is 0 Å². The van der Waals surface area contributed by atoms with Crippen LogP contribution >= 0.6 is 12.4 Å². The SMILES string of the molecule is CNC(=O)C1CCCN1F.Cl. The number of nitrogens with one attached hydrogen (secondary N) is 1. The summed E-state index contributed by atoms with van der Waals surface area (Å²) >= 11 is 0. The smallest absolute Gasteiger partial charge is 0.239 e. The van der Waals surface area contributed by atoms with E-state index in [0.29, 0.717) is 18.1 Å². The zero-order chi connectivity index (χ0) is 7.56. The van der Waals surface area contributed by atoms with Crippen molar-refractivity contribution < 1.29 is 9.28 Å². The molecule has 1 aliphatic heterocycles. The van der Waals surface area contributed by atoms with Gasteiger partial charge >= 0.3 is 0 Å². The summed E-state index contributed by atoms with van der Waals surface area (Å²) in [4.78, 5) is 10.8. The van der Waals surface area contributed by atoms with E-state index in [1.54, 1.807) is 0 Å². The molecular weight excluding hydrogens is 171 g/mol. The minimum atomic E-state index is -0.537. The van der Waals surface area contributed by atoms with Gasteiger partial charge in [0.1, 0.15) is 6.04 Å². The molecule has 0 aromatic heterocycles. The number of halogens is 2. The van der Waals surface area contributed by atoms with E-state index in [4.69, 9.17) is 0 Å². The average Bonchev–Trinajstić information content (AvgIpc) is 2.34. The van der Waals surface area contributed by atoms with Crippen molar-refractivity contribution >= 4 is 18.3 Å². The predicted octanol–water partition coefficient (Wildman–Crippen LogP) is 0.503. The number of carbonyl (C=O) groups is 1. The van der Waals surface area contributed by atoms with Gasteiger partial charge in [-0.15, -0.1) is 22.0 Å². The third kappa shape index (κ3) is 2.31. The highest BCUT2D eigenvalue weighted by atomic mass is 35.5. The van der Waals surface area contributed by atoms with E-state index in [9.17, 15) is 9.28 Å². The van der Waals surface area contributed by atoms with E-state index in [0.717, 1.165) is 6.42 Å². The number of likely N-dealkylation sites (N-methyl/N-ethyl adjacent to an activating group) is 1. The fourth-order valence-corrected chi connectivity index (χ4v) is 1.16. The summed E-state index contributed by atoms with van der Waals surface area (Å²) in [5.41, 5.74) is 0. The number of rotatable bonds is 1. The van der Waals surface area contributed by atoms with E-state index < -0.39 is 6.04 Å². The summed E-state index contributed by atoms with van der Waals surface area (Å²) in [6.07, 6.45) is 1.41. The van der Waals surface area contributed by atoms with Crippen molar-refractivity contribution in [3.63, 3.8) is 0 Å². The van der Waals surface area contributed by atoms with Crippen LogP contribution in [0.15, 0.2) is 0 Å². The first-order chi connectivity index (χ1) is 4.75. The summed E-state index contributed by atoms with van der Waals surface area (Å²) in [7, 11) is 1.52. The van der Waals surface area contributed by atoms with E-state index in [1.807, 2.05) is 0 Å². The Morgan fingerprint density at radius 3 is 2.73 bits per heavy atom. The predicted molar refractivity (Wildman–Crippen MR) is 42.2 cm³/mol. The fraction of sp³-hybridized carbons (Fsp3) is 0.833. The molecule has 0 saturated carbocycles. The van der Waals surface area contributed by atoms with E-state index >= 15 is 0 Å². The summed E-state index contributed by atoms with van der Waals surface area (Å²) in [6, 6.07) is -0.537. The minimum Gasteiger partial charge on any atom is -0.358 e. The Morgan fingerprint density at radius 1 is 1.73 bits per heavy atom. The van der Waals surface area contributed by atoms with Gasteiger partial charge in [0.25, 0.3) is 0 Å². The molecule has 0 bridgehead atoms. The number of amides is 1. The van der Waals surface area contributed by atoms with Gasteiger partial charge in [-0.1, -0.05) is 0 Å². The molecule has 1 atom stereocenters. The molecule has 66 valence electrons. The molecule has 5 heteroatoms. The lowest BCUT2D eigenvalue weighted by molar-refractivity contribution is -0.130. The summed E-state index contributed by atoms with van der Waals surface area (Å²) < 4.78 is 12.6. The molecule has 1 amide bonds. The second kappa shape index (κ2) is 4.51.